The van der Waals surface area contributed by atoms with E-state index in [0.717, 1.165) is 49.3 Å². The van der Waals surface area contributed by atoms with E-state index in [-0.39, 0.29) is 49.6 Å². The van der Waals surface area contributed by atoms with Gasteiger partial charge < -0.3 is 20.5 Å². The van der Waals surface area contributed by atoms with Crippen molar-refractivity contribution in [2.24, 2.45) is 0 Å². The Balaban J connectivity index is 0.00000228. The topological polar surface area (TPSA) is 62.0 Å². The van der Waals surface area contributed by atoms with Crippen LogP contribution in [0.4, 0.5) is 15.8 Å². The molecule has 0 aromatic heterocycles. The summed E-state index contributed by atoms with van der Waals surface area (Å²) in [6.45, 7) is 8.38. The molecule has 1 saturated heterocycles. The van der Waals surface area contributed by atoms with Gasteiger partial charge in [0.2, 0.25) is 0 Å². The summed E-state index contributed by atoms with van der Waals surface area (Å²) in [6, 6.07) is 19.2. The van der Waals surface area contributed by atoms with Gasteiger partial charge in [-0.1, -0.05) is 30.3 Å². The van der Waals surface area contributed by atoms with E-state index < -0.39 is 6.10 Å². The van der Waals surface area contributed by atoms with Gasteiger partial charge in [-0.05, 0) is 72.9 Å². The van der Waals surface area contributed by atoms with Gasteiger partial charge in [0, 0.05) is 38.4 Å². The van der Waals surface area contributed by atoms with Crippen molar-refractivity contribution in [1.82, 2.24) is 4.90 Å². The van der Waals surface area contributed by atoms with Crippen molar-refractivity contribution in [2.75, 3.05) is 50.0 Å². The summed E-state index contributed by atoms with van der Waals surface area (Å²) < 4.78 is 18.9. The van der Waals surface area contributed by atoms with Crippen LogP contribution in [0.25, 0.3) is 0 Å². The van der Waals surface area contributed by atoms with E-state index in [0.29, 0.717) is 18.0 Å². The summed E-state index contributed by atoms with van der Waals surface area (Å²) in [5.41, 5.74) is 12.3. The molecule has 0 unspecified atom stereocenters. The van der Waals surface area contributed by atoms with Gasteiger partial charge in [0.15, 0.2) is 0 Å². The van der Waals surface area contributed by atoms with Gasteiger partial charge >= 0.3 is 0 Å². The third-order valence-electron chi connectivity index (χ3n) is 6.33. The number of hydrogen-bond acceptors (Lipinski definition) is 5. The second-order valence-electron chi connectivity index (χ2n) is 9.22. The third-order valence-corrected chi connectivity index (χ3v) is 6.33. The van der Waals surface area contributed by atoms with Crippen molar-refractivity contribution in [3.05, 3.63) is 88.7 Å². The quantitative estimate of drug-likeness (QED) is 0.352. The lowest BCUT2D eigenvalue weighted by Crippen LogP contribution is -2.49. The van der Waals surface area contributed by atoms with Crippen LogP contribution in [0.3, 0.4) is 0 Å². The van der Waals surface area contributed by atoms with Crippen LogP contribution in [0, 0.1) is 19.7 Å². The van der Waals surface area contributed by atoms with Crippen molar-refractivity contribution >= 4 is 48.6 Å². The largest absolute Gasteiger partial charge is 0.488 e. The maximum absolute atomic E-state index is 13.1. The zero-order valence-corrected chi connectivity index (χ0v) is 23.7. The molecule has 0 aliphatic carbocycles. The fourth-order valence-corrected chi connectivity index (χ4v) is 4.57. The van der Waals surface area contributed by atoms with E-state index in [9.17, 15) is 9.50 Å². The molecule has 0 bridgehead atoms. The number of piperazine rings is 1. The van der Waals surface area contributed by atoms with Crippen LogP contribution in [-0.2, 0) is 6.42 Å². The Hall–Kier alpha value is -2.22. The SMILES string of the molecule is Cc1cc(C)c(OC[C@@H](O)CN2CCN(c3ccc(Cc4ccc(F)cc4)cc3)CC2)c(N)c1.Cl.Cl.Cl. The average Bonchev–Trinajstić information content (AvgIpc) is 2.81. The number of aliphatic hydroxyl groups excluding tert-OH is 1. The maximum atomic E-state index is 13.1. The van der Waals surface area contributed by atoms with Crippen LogP contribution >= 0.6 is 37.2 Å². The van der Waals surface area contributed by atoms with Crippen LogP contribution < -0.4 is 15.4 Å². The van der Waals surface area contributed by atoms with Crippen LogP contribution in [0.15, 0.2) is 60.7 Å². The molecule has 0 spiro atoms. The van der Waals surface area contributed by atoms with Gasteiger partial charge in [-0.3, -0.25) is 4.90 Å². The van der Waals surface area contributed by atoms with E-state index in [1.807, 2.05) is 38.1 Å². The standard InChI is InChI=1S/C28H34FN3O2.3ClH/c1-20-15-21(2)28(27(30)16-20)34-19-26(33)18-31-11-13-32(14-12-31)25-9-5-23(6-10-25)17-22-3-7-24(29)8-4-22;;;/h3-10,15-16,26,33H,11-14,17-19,30H2,1-2H3;3*1H/t26-;;;/m0.../s1. The molecule has 9 heteroatoms. The fraction of sp³-hybridized carbons (Fsp3) is 0.357. The minimum Gasteiger partial charge on any atom is -0.488 e. The Morgan fingerprint density at radius 3 is 2.03 bits per heavy atom. The van der Waals surface area contributed by atoms with Gasteiger partial charge in [0.1, 0.15) is 24.3 Å². The van der Waals surface area contributed by atoms with Crippen molar-refractivity contribution in [2.45, 2.75) is 26.4 Å². The highest BCUT2D eigenvalue weighted by Gasteiger charge is 2.20. The maximum Gasteiger partial charge on any atom is 0.145 e. The van der Waals surface area contributed by atoms with E-state index >= 15 is 0 Å². The van der Waals surface area contributed by atoms with Crippen molar-refractivity contribution in [1.29, 1.82) is 0 Å². The molecule has 1 aliphatic rings. The van der Waals surface area contributed by atoms with Crippen molar-refractivity contribution in [3.63, 3.8) is 0 Å². The summed E-state index contributed by atoms with van der Waals surface area (Å²) in [7, 11) is 0. The number of halogens is 4. The first-order chi connectivity index (χ1) is 16.4. The van der Waals surface area contributed by atoms with E-state index in [1.165, 1.54) is 23.4 Å². The molecule has 1 aliphatic heterocycles. The van der Waals surface area contributed by atoms with Gasteiger partial charge in [0.25, 0.3) is 0 Å². The van der Waals surface area contributed by atoms with Crippen LogP contribution in [0.5, 0.6) is 5.75 Å². The Labute approximate surface area is 238 Å². The first-order valence-corrected chi connectivity index (χ1v) is 11.9. The molecule has 3 aromatic rings. The second-order valence-corrected chi connectivity index (χ2v) is 9.22. The lowest BCUT2D eigenvalue weighted by atomic mass is 10.0. The lowest BCUT2D eigenvalue weighted by molar-refractivity contribution is 0.0663. The first kappa shape index (κ1) is 32.8. The van der Waals surface area contributed by atoms with Gasteiger partial charge in [-0.2, -0.15) is 0 Å². The molecule has 1 fully saturated rings. The van der Waals surface area contributed by atoms with Crippen molar-refractivity contribution in [3.8, 4) is 5.75 Å². The summed E-state index contributed by atoms with van der Waals surface area (Å²) >= 11 is 0. The van der Waals surface area contributed by atoms with Crippen LogP contribution in [0.2, 0.25) is 0 Å². The highest BCUT2D eigenvalue weighted by atomic mass is 35.5. The number of anilines is 2. The van der Waals surface area contributed by atoms with Gasteiger partial charge in [-0.25, -0.2) is 4.39 Å². The average molecular weight is 573 g/mol. The molecular formula is C28H37Cl3FN3O2. The number of ether oxygens (including phenoxy) is 1. The lowest BCUT2D eigenvalue weighted by Gasteiger charge is -2.37. The minimum absolute atomic E-state index is 0. The smallest absolute Gasteiger partial charge is 0.145 e. The predicted octanol–water partition coefficient (Wildman–Crippen LogP) is 5.44. The Morgan fingerprint density at radius 1 is 0.892 bits per heavy atom. The number of nitrogen functional groups attached to an aromatic ring is 1. The highest BCUT2D eigenvalue weighted by Crippen LogP contribution is 2.27. The zero-order valence-electron chi connectivity index (χ0n) is 21.2. The molecule has 37 heavy (non-hydrogen) atoms. The number of β-amino-alcohol motifs (C(OH)–C–C–N with tert-alkyl or cyclic N) is 1. The summed E-state index contributed by atoms with van der Waals surface area (Å²) in [6.07, 6.45) is 0.222. The normalized spacial score (nSPS) is 14.1. The fourth-order valence-electron chi connectivity index (χ4n) is 4.57. The first-order valence-electron chi connectivity index (χ1n) is 11.9. The number of benzene rings is 3. The number of aryl methyl sites for hydroxylation is 2. The summed E-state index contributed by atoms with van der Waals surface area (Å²) in [4.78, 5) is 4.65. The third kappa shape index (κ3) is 9.24. The summed E-state index contributed by atoms with van der Waals surface area (Å²) in [5.74, 6) is 0.460. The number of aliphatic hydroxyl groups is 1. The molecule has 0 amide bonds. The molecule has 0 radical (unpaired) electrons. The zero-order chi connectivity index (χ0) is 24.1. The van der Waals surface area contributed by atoms with Gasteiger partial charge in [-0.15, -0.1) is 37.2 Å². The number of nitrogens with zero attached hydrogens (tertiary/aromatic N) is 2. The number of hydrogen-bond donors (Lipinski definition) is 2. The van der Waals surface area contributed by atoms with Gasteiger partial charge in [0.05, 0.1) is 5.69 Å². The second kappa shape index (κ2) is 15.3. The molecular weight excluding hydrogens is 536 g/mol. The predicted molar refractivity (Wildman–Crippen MR) is 158 cm³/mol. The monoisotopic (exact) mass is 571 g/mol. The molecule has 1 atom stereocenters. The van der Waals surface area contributed by atoms with E-state index in [4.69, 9.17) is 10.5 Å². The highest BCUT2D eigenvalue weighted by molar-refractivity contribution is 5.86. The summed E-state index contributed by atoms with van der Waals surface area (Å²) in [5, 5.41) is 10.5. The van der Waals surface area contributed by atoms with Crippen LogP contribution in [0.1, 0.15) is 22.3 Å². The molecule has 5 nitrogen and oxygen atoms in total. The Morgan fingerprint density at radius 2 is 1.46 bits per heavy atom. The van der Waals surface area contributed by atoms with E-state index in [2.05, 4.69) is 34.1 Å². The van der Waals surface area contributed by atoms with E-state index in [1.54, 1.807) is 0 Å². The Kier molecular flexibility index (Phi) is 13.5. The Bertz CT molecular complexity index is 1070. The van der Waals surface area contributed by atoms with Crippen LogP contribution in [-0.4, -0.2) is 55.4 Å². The minimum atomic E-state index is -0.572. The van der Waals surface area contributed by atoms with Crippen molar-refractivity contribution < 1.29 is 14.2 Å². The molecule has 204 valence electrons. The molecule has 1 heterocycles. The number of rotatable bonds is 8. The molecule has 4 rings (SSSR count). The molecule has 3 aromatic carbocycles. The molecule has 0 saturated carbocycles. The number of nitrogens with two attached hydrogens (primary N) is 1. The molecule has 3 N–H and O–H groups in total.